The molecule has 0 unspecified atom stereocenters. The third-order valence-electron chi connectivity index (χ3n) is 5.97. The molecule has 0 aliphatic carbocycles. The van der Waals surface area contributed by atoms with Gasteiger partial charge in [-0.25, -0.2) is 9.59 Å². The summed E-state index contributed by atoms with van der Waals surface area (Å²) in [6.07, 6.45) is -8.67. The SMILES string of the molecule is COC(=O)[C@H]1O[C@@H](Oc2ccc(C=O)cc2C(=O)NCCOCCOCCONC(=O)OC(C)(C)C)[C@H](O)[C@@H](OC(C)=O)[C@@H]1OC(C)=O. The molecular weight excluding hydrogens is 644 g/mol. The van der Waals surface area contributed by atoms with Crippen molar-refractivity contribution < 1.29 is 76.6 Å². The molecule has 1 saturated heterocycles. The highest BCUT2D eigenvalue weighted by atomic mass is 16.7. The van der Waals surface area contributed by atoms with E-state index in [0.717, 1.165) is 21.0 Å². The maximum atomic E-state index is 13.1. The van der Waals surface area contributed by atoms with Crippen LogP contribution in [0.1, 0.15) is 55.3 Å². The first-order chi connectivity index (χ1) is 22.7. The lowest BCUT2D eigenvalue weighted by molar-refractivity contribution is -0.278. The van der Waals surface area contributed by atoms with Crippen LogP contribution in [0.4, 0.5) is 4.79 Å². The number of amides is 2. The predicted molar refractivity (Wildman–Crippen MR) is 160 cm³/mol. The van der Waals surface area contributed by atoms with Gasteiger partial charge < -0.3 is 48.3 Å². The second kappa shape index (κ2) is 19.5. The van der Waals surface area contributed by atoms with Crippen LogP contribution in [0, 0.1) is 0 Å². The average molecular weight is 687 g/mol. The second-order valence-corrected chi connectivity index (χ2v) is 11.0. The molecule has 1 aliphatic rings. The maximum absolute atomic E-state index is 13.1. The van der Waals surface area contributed by atoms with Gasteiger partial charge in [-0.3, -0.25) is 24.0 Å². The van der Waals surface area contributed by atoms with E-state index in [4.69, 9.17) is 42.7 Å². The number of carbonyl (C=O) groups excluding carboxylic acids is 6. The number of hydroxylamine groups is 1. The normalized spacial score (nSPS) is 20.5. The van der Waals surface area contributed by atoms with Gasteiger partial charge in [-0.15, -0.1) is 0 Å². The Balaban J connectivity index is 1.95. The van der Waals surface area contributed by atoms with Gasteiger partial charge in [0.15, 0.2) is 24.4 Å². The first kappa shape index (κ1) is 39.8. The van der Waals surface area contributed by atoms with E-state index in [-0.39, 0.29) is 56.5 Å². The van der Waals surface area contributed by atoms with Crippen LogP contribution >= 0.6 is 0 Å². The Morgan fingerprint density at radius 2 is 1.56 bits per heavy atom. The van der Waals surface area contributed by atoms with Crippen molar-refractivity contribution in [1.29, 1.82) is 0 Å². The van der Waals surface area contributed by atoms with Crippen LogP contribution in [-0.4, -0.2) is 124 Å². The molecule has 0 aromatic heterocycles. The van der Waals surface area contributed by atoms with Crippen LogP contribution in [0.15, 0.2) is 18.2 Å². The molecule has 48 heavy (non-hydrogen) atoms. The fourth-order valence-corrected chi connectivity index (χ4v) is 4.07. The van der Waals surface area contributed by atoms with Gasteiger partial charge >= 0.3 is 24.0 Å². The summed E-state index contributed by atoms with van der Waals surface area (Å²) >= 11 is 0. The molecule has 1 aliphatic heterocycles. The fourth-order valence-electron chi connectivity index (χ4n) is 4.07. The van der Waals surface area contributed by atoms with Crippen molar-refractivity contribution in [2.45, 2.75) is 70.9 Å². The summed E-state index contributed by atoms with van der Waals surface area (Å²) < 4.78 is 42.1. The summed E-state index contributed by atoms with van der Waals surface area (Å²) in [6, 6.07) is 3.82. The number of carbonyl (C=O) groups is 6. The van der Waals surface area contributed by atoms with Gasteiger partial charge in [-0.1, -0.05) is 0 Å². The molecule has 2 rings (SSSR count). The standard InChI is InChI=1S/C30H42N2O16/c1-17(34)44-23-22(36)28(47-25(27(38)40-6)24(23)45-18(2)35)46-21-8-7-19(16-33)15-20(21)26(37)31-9-10-41-11-12-42-13-14-43-32-29(39)48-30(3,4)5/h7-8,15-16,22-25,28,36H,9-14H2,1-6H3,(H,31,37)(H,32,39)/t22-,23-,24+,25+,28-/m1/s1. The molecule has 1 aromatic carbocycles. The van der Waals surface area contributed by atoms with Gasteiger partial charge in [-0.05, 0) is 39.0 Å². The largest absolute Gasteiger partial charge is 0.467 e. The monoisotopic (exact) mass is 686 g/mol. The van der Waals surface area contributed by atoms with Crippen molar-refractivity contribution in [1.82, 2.24) is 10.8 Å². The van der Waals surface area contributed by atoms with Crippen molar-refractivity contribution in [2.24, 2.45) is 0 Å². The minimum atomic E-state index is -1.82. The van der Waals surface area contributed by atoms with Gasteiger partial charge in [-0.2, -0.15) is 5.48 Å². The number of esters is 3. The molecule has 0 spiro atoms. The molecule has 1 aromatic rings. The Bertz CT molecular complexity index is 1270. The fraction of sp³-hybridized carbons (Fsp3) is 0.600. The first-order valence-electron chi connectivity index (χ1n) is 14.7. The van der Waals surface area contributed by atoms with Gasteiger partial charge in [0.2, 0.25) is 6.29 Å². The lowest BCUT2D eigenvalue weighted by Crippen LogP contribution is -2.63. The van der Waals surface area contributed by atoms with Gasteiger partial charge in [0.05, 0.1) is 45.7 Å². The molecule has 1 heterocycles. The van der Waals surface area contributed by atoms with Crippen LogP contribution in [0.5, 0.6) is 5.75 Å². The summed E-state index contributed by atoms with van der Waals surface area (Å²) in [5.41, 5.74) is 1.46. The minimum Gasteiger partial charge on any atom is -0.467 e. The number of aliphatic hydroxyl groups is 1. The summed E-state index contributed by atoms with van der Waals surface area (Å²) in [4.78, 5) is 77.0. The van der Waals surface area contributed by atoms with Crippen molar-refractivity contribution in [2.75, 3.05) is 46.7 Å². The second-order valence-electron chi connectivity index (χ2n) is 11.0. The number of methoxy groups -OCH3 is 1. The number of hydrogen-bond acceptors (Lipinski definition) is 16. The number of aldehydes is 1. The number of rotatable bonds is 17. The zero-order valence-electron chi connectivity index (χ0n) is 27.5. The number of nitrogens with one attached hydrogen (secondary N) is 2. The summed E-state index contributed by atoms with van der Waals surface area (Å²) in [5, 5.41) is 13.6. The Labute approximate surface area is 276 Å². The van der Waals surface area contributed by atoms with Gasteiger partial charge in [0, 0.05) is 26.0 Å². The van der Waals surface area contributed by atoms with E-state index in [0.29, 0.717) is 6.29 Å². The highest BCUT2D eigenvalue weighted by Crippen LogP contribution is 2.31. The van der Waals surface area contributed by atoms with E-state index in [9.17, 15) is 33.9 Å². The minimum absolute atomic E-state index is 0.0398. The van der Waals surface area contributed by atoms with Crippen LogP contribution in [0.2, 0.25) is 0 Å². The summed E-state index contributed by atoms with van der Waals surface area (Å²) in [7, 11) is 1.04. The van der Waals surface area contributed by atoms with Crippen LogP contribution in [0.3, 0.4) is 0 Å². The Morgan fingerprint density at radius 3 is 2.17 bits per heavy atom. The Kier molecular flexibility index (Phi) is 16.1. The van der Waals surface area contributed by atoms with Crippen molar-refractivity contribution in [3.8, 4) is 5.75 Å². The lowest BCUT2D eigenvalue weighted by atomic mass is 9.98. The number of benzene rings is 1. The van der Waals surface area contributed by atoms with Crippen LogP contribution in [0.25, 0.3) is 0 Å². The number of ether oxygens (including phenoxy) is 8. The number of hydrogen-bond donors (Lipinski definition) is 3. The van der Waals surface area contributed by atoms with Crippen LogP contribution < -0.4 is 15.5 Å². The molecule has 0 bridgehead atoms. The van der Waals surface area contributed by atoms with Crippen molar-refractivity contribution in [3.63, 3.8) is 0 Å². The molecule has 18 nitrogen and oxygen atoms in total. The lowest BCUT2D eigenvalue weighted by Gasteiger charge is -2.41. The number of aliphatic hydroxyl groups excluding tert-OH is 1. The molecule has 2 amide bonds. The maximum Gasteiger partial charge on any atom is 0.431 e. The summed E-state index contributed by atoms with van der Waals surface area (Å²) in [6.45, 7) is 7.98. The highest BCUT2D eigenvalue weighted by molar-refractivity contribution is 5.98. The van der Waals surface area contributed by atoms with Crippen LogP contribution in [-0.2, 0) is 52.4 Å². The molecule has 3 N–H and O–H groups in total. The topological polar surface area (TPSA) is 230 Å². The smallest absolute Gasteiger partial charge is 0.431 e. The zero-order chi connectivity index (χ0) is 35.9. The summed E-state index contributed by atoms with van der Waals surface area (Å²) in [5.74, 6) is -3.61. The van der Waals surface area contributed by atoms with Crippen molar-refractivity contribution in [3.05, 3.63) is 29.3 Å². The molecule has 0 saturated carbocycles. The molecule has 18 heteroatoms. The van der Waals surface area contributed by atoms with E-state index < -0.39 is 66.2 Å². The highest BCUT2D eigenvalue weighted by Gasteiger charge is 2.53. The molecule has 0 radical (unpaired) electrons. The molecule has 1 fully saturated rings. The van der Waals surface area contributed by atoms with E-state index >= 15 is 0 Å². The van der Waals surface area contributed by atoms with Gasteiger partial charge in [0.1, 0.15) is 17.6 Å². The zero-order valence-corrected chi connectivity index (χ0v) is 27.5. The van der Waals surface area contributed by atoms with E-state index in [1.54, 1.807) is 20.8 Å². The first-order valence-corrected chi connectivity index (χ1v) is 14.7. The average Bonchev–Trinajstić information content (AvgIpc) is 3.01. The Hall–Kier alpha value is -4.36. The molecule has 268 valence electrons. The quantitative estimate of drug-likeness (QED) is 0.0654. The molecular formula is C30H42N2O16. The van der Waals surface area contributed by atoms with E-state index in [1.807, 2.05) is 0 Å². The third kappa shape index (κ3) is 13.4. The Morgan fingerprint density at radius 1 is 0.938 bits per heavy atom. The van der Waals surface area contributed by atoms with Gasteiger partial charge in [0.25, 0.3) is 5.91 Å². The molecule has 5 atom stereocenters. The third-order valence-corrected chi connectivity index (χ3v) is 5.97. The van der Waals surface area contributed by atoms with Crippen molar-refractivity contribution >= 4 is 36.2 Å². The van der Waals surface area contributed by atoms with E-state index in [1.165, 1.54) is 18.2 Å². The predicted octanol–water partition coefficient (Wildman–Crippen LogP) is 0.219. The van der Waals surface area contributed by atoms with E-state index in [2.05, 4.69) is 10.8 Å².